The fraction of sp³-hybridized carbons (Fsp3) is 0.429. The summed E-state index contributed by atoms with van der Waals surface area (Å²) < 4.78 is 0. The Hall–Kier alpha value is -2.28. The minimum atomic E-state index is -1.24. The molecule has 0 spiro atoms. The molecule has 1 unspecified atom stereocenters. The SMILES string of the molecule is CC1CN(C)CCN1C(=O)Nc1cccc(C(=O)O)c1O. The van der Waals surface area contributed by atoms with Crippen molar-refractivity contribution in [2.75, 3.05) is 32.0 Å². The van der Waals surface area contributed by atoms with Crippen LogP contribution in [0.15, 0.2) is 18.2 Å². The number of carbonyl (C=O) groups excluding carboxylic acids is 1. The number of carboxylic acid groups (broad SMARTS) is 1. The number of carboxylic acids is 1. The summed E-state index contributed by atoms with van der Waals surface area (Å²) in [4.78, 5) is 27.0. The van der Waals surface area contributed by atoms with Gasteiger partial charge in [0.2, 0.25) is 0 Å². The Morgan fingerprint density at radius 3 is 2.67 bits per heavy atom. The summed E-state index contributed by atoms with van der Waals surface area (Å²) in [7, 11) is 1.99. The Morgan fingerprint density at radius 1 is 1.33 bits per heavy atom. The predicted octanol–water partition coefficient (Wildman–Crippen LogP) is 1.26. The third-order valence-electron chi connectivity index (χ3n) is 3.60. The molecule has 0 saturated carbocycles. The highest BCUT2D eigenvalue weighted by atomic mass is 16.4. The third-order valence-corrected chi connectivity index (χ3v) is 3.60. The molecule has 1 atom stereocenters. The second-order valence-electron chi connectivity index (χ2n) is 5.24. The maximum absolute atomic E-state index is 12.3. The van der Waals surface area contributed by atoms with Crippen LogP contribution in [0.2, 0.25) is 0 Å². The summed E-state index contributed by atoms with van der Waals surface area (Å²) in [5, 5.41) is 21.4. The molecular formula is C14H19N3O4. The molecule has 1 fully saturated rings. The van der Waals surface area contributed by atoms with Gasteiger partial charge in [-0.25, -0.2) is 9.59 Å². The van der Waals surface area contributed by atoms with Crippen LogP contribution in [-0.4, -0.2) is 64.7 Å². The number of benzene rings is 1. The van der Waals surface area contributed by atoms with E-state index in [0.717, 1.165) is 13.1 Å². The van der Waals surface area contributed by atoms with Crippen LogP contribution < -0.4 is 5.32 Å². The van der Waals surface area contributed by atoms with Gasteiger partial charge in [-0.2, -0.15) is 0 Å². The van der Waals surface area contributed by atoms with Crippen molar-refractivity contribution >= 4 is 17.7 Å². The smallest absolute Gasteiger partial charge is 0.339 e. The highest BCUT2D eigenvalue weighted by Crippen LogP contribution is 2.28. The minimum Gasteiger partial charge on any atom is -0.505 e. The summed E-state index contributed by atoms with van der Waals surface area (Å²) in [5.74, 6) is -1.67. The second-order valence-corrected chi connectivity index (χ2v) is 5.24. The van der Waals surface area contributed by atoms with E-state index >= 15 is 0 Å². The molecule has 1 heterocycles. The van der Waals surface area contributed by atoms with E-state index in [9.17, 15) is 14.7 Å². The van der Waals surface area contributed by atoms with Crippen LogP contribution in [0.5, 0.6) is 5.75 Å². The van der Waals surface area contributed by atoms with Crippen LogP contribution in [0.25, 0.3) is 0 Å². The first-order valence-electron chi connectivity index (χ1n) is 6.71. The standard InChI is InChI=1S/C14H19N3O4/c1-9-8-16(2)6-7-17(9)14(21)15-11-5-3-4-10(12(11)18)13(19)20/h3-5,9,18H,6-8H2,1-2H3,(H,15,21)(H,19,20). The zero-order chi connectivity index (χ0) is 15.6. The molecule has 1 saturated heterocycles. The van der Waals surface area contributed by atoms with Crippen LogP contribution >= 0.6 is 0 Å². The van der Waals surface area contributed by atoms with Gasteiger partial charge in [0.15, 0.2) is 5.75 Å². The normalized spacial score (nSPS) is 19.3. The van der Waals surface area contributed by atoms with Crippen molar-refractivity contribution in [3.63, 3.8) is 0 Å². The monoisotopic (exact) mass is 293 g/mol. The van der Waals surface area contributed by atoms with Gasteiger partial charge in [0.25, 0.3) is 0 Å². The zero-order valence-electron chi connectivity index (χ0n) is 12.0. The van der Waals surface area contributed by atoms with E-state index in [1.165, 1.54) is 18.2 Å². The van der Waals surface area contributed by atoms with Gasteiger partial charge in [0.05, 0.1) is 5.69 Å². The van der Waals surface area contributed by atoms with E-state index in [2.05, 4.69) is 10.2 Å². The van der Waals surface area contributed by atoms with E-state index in [1.807, 2.05) is 14.0 Å². The fourth-order valence-corrected chi connectivity index (χ4v) is 2.45. The molecule has 1 aromatic carbocycles. The molecule has 114 valence electrons. The number of hydrogen-bond donors (Lipinski definition) is 3. The first-order valence-corrected chi connectivity index (χ1v) is 6.71. The number of amides is 2. The lowest BCUT2D eigenvalue weighted by atomic mass is 10.1. The molecule has 0 bridgehead atoms. The Balaban J connectivity index is 2.13. The number of phenols is 1. The number of anilines is 1. The minimum absolute atomic E-state index is 0.0496. The van der Waals surface area contributed by atoms with Gasteiger partial charge in [0.1, 0.15) is 5.56 Å². The maximum Gasteiger partial charge on any atom is 0.339 e. The van der Waals surface area contributed by atoms with Gasteiger partial charge < -0.3 is 25.3 Å². The Morgan fingerprint density at radius 2 is 2.05 bits per heavy atom. The van der Waals surface area contributed by atoms with Gasteiger partial charge in [-0.3, -0.25) is 0 Å². The molecule has 1 aliphatic rings. The quantitative estimate of drug-likeness (QED) is 0.714. The van der Waals surface area contributed by atoms with E-state index in [0.29, 0.717) is 6.54 Å². The lowest BCUT2D eigenvalue weighted by molar-refractivity contribution is 0.0693. The lowest BCUT2D eigenvalue weighted by Crippen LogP contribution is -2.53. The number of hydrogen-bond acceptors (Lipinski definition) is 4. The molecule has 7 heteroatoms. The highest BCUT2D eigenvalue weighted by Gasteiger charge is 2.26. The number of aromatic hydroxyl groups is 1. The fourth-order valence-electron chi connectivity index (χ4n) is 2.45. The number of piperazine rings is 1. The van der Waals surface area contributed by atoms with Crippen molar-refractivity contribution in [2.45, 2.75) is 13.0 Å². The number of urea groups is 1. The number of carbonyl (C=O) groups is 2. The average Bonchev–Trinajstić information content (AvgIpc) is 2.40. The lowest BCUT2D eigenvalue weighted by Gasteiger charge is -2.38. The Labute approximate surface area is 122 Å². The van der Waals surface area contributed by atoms with Gasteiger partial charge in [0, 0.05) is 25.7 Å². The third kappa shape index (κ3) is 3.25. The van der Waals surface area contributed by atoms with Crippen LogP contribution in [0.4, 0.5) is 10.5 Å². The summed E-state index contributed by atoms with van der Waals surface area (Å²) >= 11 is 0. The van der Waals surface area contributed by atoms with E-state index < -0.39 is 11.7 Å². The van der Waals surface area contributed by atoms with Gasteiger partial charge >= 0.3 is 12.0 Å². The highest BCUT2D eigenvalue weighted by molar-refractivity contribution is 5.97. The molecule has 1 aliphatic heterocycles. The van der Waals surface area contributed by atoms with E-state index in [-0.39, 0.29) is 23.3 Å². The maximum atomic E-state index is 12.3. The summed E-state index contributed by atoms with van der Waals surface area (Å²) in [6.07, 6.45) is 0. The first kappa shape index (κ1) is 15.1. The first-order chi connectivity index (χ1) is 9.90. The number of nitrogens with zero attached hydrogens (tertiary/aromatic N) is 2. The molecule has 7 nitrogen and oxygen atoms in total. The largest absolute Gasteiger partial charge is 0.505 e. The number of aromatic carboxylic acids is 1. The molecule has 3 N–H and O–H groups in total. The Bertz CT molecular complexity index is 561. The number of para-hydroxylation sites is 1. The van der Waals surface area contributed by atoms with Crippen LogP contribution in [0.1, 0.15) is 17.3 Å². The molecule has 1 aromatic rings. The molecular weight excluding hydrogens is 274 g/mol. The number of nitrogens with one attached hydrogen (secondary N) is 1. The van der Waals surface area contributed by atoms with E-state index in [1.54, 1.807) is 4.90 Å². The van der Waals surface area contributed by atoms with Crippen molar-refractivity contribution in [2.24, 2.45) is 0 Å². The van der Waals surface area contributed by atoms with Gasteiger partial charge in [-0.05, 0) is 26.1 Å². The van der Waals surface area contributed by atoms with Crippen molar-refractivity contribution in [1.29, 1.82) is 0 Å². The average molecular weight is 293 g/mol. The van der Waals surface area contributed by atoms with Crippen LogP contribution in [0.3, 0.4) is 0 Å². The molecule has 0 aromatic heterocycles. The molecule has 21 heavy (non-hydrogen) atoms. The summed E-state index contributed by atoms with van der Waals surface area (Å²) in [6, 6.07) is 3.94. The van der Waals surface area contributed by atoms with E-state index in [4.69, 9.17) is 5.11 Å². The zero-order valence-corrected chi connectivity index (χ0v) is 12.0. The predicted molar refractivity (Wildman–Crippen MR) is 77.7 cm³/mol. The molecule has 0 aliphatic carbocycles. The number of likely N-dealkylation sites (N-methyl/N-ethyl adjacent to an activating group) is 1. The molecule has 0 radical (unpaired) electrons. The van der Waals surface area contributed by atoms with Crippen molar-refractivity contribution in [1.82, 2.24) is 9.80 Å². The second kappa shape index (κ2) is 6.01. The van der Waals surface area contributed by atoms with Crippen LogP contribution in [-0.2, 0) is 0 Å². The van der Waals surface area contributed by atoms with Crippen molar-refractivity contribution in [3.8, 4) is 5.75 Å². The van der Waals surface area contributed by atoms with Crippen molar-refractivity contribution in [3.05, 3.63) is 23.8 Å². The van der Waals surface area contributed by atoms with Crippen LogP contribution in [0, 0.1) is 0 Å². The number of rotatable bonds is 2. The summed E-state index contributed by atoms with van der Waals surface area (Å²) in [5.41, 5.74) is -0.134. The topological polar surface area (TPSA) is 93.1 Å². The Kier molecular flexibility index (Phi) is 4.32. The van der Waals surface area contributed by atoms with Gasteiger partial charge in [-0.15, -0.1) is 0 Å². The van der Waals surface area contributed by atoms with Gasteiger partial charge in [-0.1, -0.05) is 6.07 Å². The molecule has 2 rings (SSSR count). The molecule has 2 amide bonds. The van der Waals surface area contributed by atoms with Crippen molar-refractivity contribution < 1.29 is 19.8 Å². The summed E-state index contributed by atoms with van der Waals surface area (Å²) in [6.45, 7) is 4.08.